The summed E-state index contributed by atoms with van der Waals surface area (Å²) < 4.78 is 39.7. The van der Waals surface area contributed by atoms with Crippen LogP contribution in [-0.2, 0) is 0 Å². The lowest BCUT2D eigenvalue weighted by atomic mass is 10.0. The third-order valence-electron chi connectivity index (χ3n) is 5.36. The minimum atomic E-state index is -3.11. The van der Waals surface area contributed by atoms with E-state index in [4.69, 9.17) is 9.15 Å². The molecule has 1 aliphatic rings. The Bertz CT molecular complexity index is 1350. The van der Waals surface area contributed by atoms with Crippen molar-refractivity contribution in [3.63, 3.8) is 0 Å². The van der Waals surface area contributed by atoms with Gasteiger partial charge in [0, 0.05) is 30.0 Å². The highest BCUT2D eigenvalue weighted by Gasteiger charge is 2.47. The van der Waals surface area contributed by atoms with Crippen molar-refractivity contribution in [2.75, 3.05) is 13.1 Å². The van der Waals surface area contributed by atoms with Crippen LogP contribution < -0.4 is 10.5 Å². The largest absolute Gasteiger partial charge is 0.466 e. The Labute approximate surface area is 174 Å². The molecule has 1 fully saturated rings. The molecule has 31 heavy (non-hydrogen) atoms. The molecule has 0 aliphatic carbocycles. The Kier molecular flexibility index (Phi) is 4.46. The monoisotopic (exact) mass is 425 g/mol. The number of amides is 1. The number of nitrogens with one attached hydrogen (secondary N) is 1. The molecule has 2 aromatic heterocycles. The lowest BCUT2D eigenvalue weighted by Crippen LogP contribution is -2.55. The van der Waals surface area contributed by atoms with E-state index in [1.807, 2.05) is 12.1 Å². The summed E-state index contributed by atoms with van der Waals surface area (Å²) in [5.41, 5.74) is 1.55. The zero-order chi connectivity index (χ0) is 21.6. The van der Waals surface area contributed by atoms with Crippen molar-refractivity contribution >= 4 is 27.9 Å². The number of halogens is 2. The first-order chi connectivity index (χ1) is 14.9. The van der Waals surface area contributed by atoms with Crippen LogP contribution in [0.3, 0.4) is 0 Å². The topological polar surface area (TPSA) is 88.4 Å². The molecule has 0 bridgehead atoms. The minimum absolute atomic E-state index is 0.0770. The number of hydrogen-bond donors (Lipinski definition) is 1. The van der Waals surface area contributed by atoms with Crippen LogP contribution in [-0.4, -0.2) is 45.9 Å². The van der Waals surface area contributed by atoms with Crippen LogP contribution in [0, 0.1) is 0 Å². The van der Waals surface area contributed by atoms with E-state index in [9.17, 15) is 18.4 Å². The van der Waals surface area contributed by atoms with Crippen LogP contribution in [0.5, 0.6) is 5.88 Å². The van der Waals surface area contributed by atoms with Crippen molar-refractivity contribution in [2.45, 2.75) is 18.4 Å². The van der Waals surface area contributed by atoms with E-state index in [1.165, 1.54) is 17.0 Å². The molecule has 7 nitrogen and oxygen atoms in total. The van der Waals surface area contributed by atoms with Crippen molar-refractivity contribution < 1.29 is 22.7 Å². The number of benzene rings is 2. The summed E-state index contributed by atoms with van der Waals surface area (Å²) in [6, 6.07) is 15.1. The minimum Gasteiger partial charge on any atom is -0.466 e. The van der Waals surface area contributed by atoms with Crippen LogP contribution in [0.4, 0.5) is 8.78 Å². The van der Waals surface area contributed by atoms with Gasteiger partial charge in [0.2, 0.25) is 5.88 Å². The quantitative estimate of drug-likeness (QED) is 0.542. The number of ether oxygens (including phenoxy) is 1. The average Bonchev–Trinajstić information content (AvgIpc) is 3.13. The van der Waals surface area contributed by atoms with E-state index in [2.05, 4.69) is 9.97 Å². The van der Waals surface area contributed by atoms with Gasteiger partial charge in [-0.15, -0.1) is 0 Å². The highest BCUT2D eigenvalue weighted by molar-refractivity contribution is 5.97. The summed E-state index contributed by atoms with van der Waals surface area (Å²) in [7, 11) is 0. The fraction of sp³-hybridized carbons (Fsp3) is 0.227. The van der Waals surface area contributed by atoms with E-state index in [1.54, 1.807) is 30.3 Å². The van der Waals surface area contributed by atoms with E-state index < -0.39 is 30.1 Å². The molecule has 3 heterocycles. The van der Waals surface area contributed by atoms with Gasteiger partial charge in [-0.05, 0) is 30.3 Å². The Balaban J connectivity index is 1.38. The fourth-order valence-corrected chi connectivity index (χ4v) is 3.70. The van der Waals surface area contributed by atoms with E-state index in [0.717, 1.165) is 5.39 Å². The molecule has 4 aromatic rings. The predicted molar refractivity (Wildman–Crippen MR) is 108 cm³/mol. The first-order valence-electron chi connectivity index (χ1n) is 9.71. The number of carbonyl (C=O) groups excluding carboxylic acids is 1. The fourth-order valence-electron chi connectivity index (χ4n) is 3.70. The summed E-state index contributed by atoms with van der Waals surface area (Å²) in [5.74, 6) is -4.11. The van der Waals surface area contributed by atoms with Gasteiger partial charge in [-0.3, -0.25) is 9.78 Å². The SMILES string of the molecule is O=C(c1ccc2[nH]c(=O)oc2c1)N1CCC(F)(F)[C@@H](Oc2ccc3ccccc3n2)C1. The zero-order valence-corrected chi connectivity index (χ0v) is 16.2. The molecule has 9 heteroatoms. The second-order valence-electron chi connectivity index (χ2n) is 7.44. The molecule has 0 spiro atoms. The summed E-state index contributed by atoms with van der Waals surface area (Å²) in [6.07, 6.45) is -2.06. The maximum Gasteiger partial charge on any atom is 0.417 e. The van der Waals surface area contributed by atoms with Crippen LogP contribution in [0.15, 0.2) is 63.8 Å². The van der Waals surface area contributed by atoms with Crippen molar-refractivity contribution in [3.8, 4) is 5.88 Å². The van der Waals surface area contributed by atoms with Gasteiger partial charge in [0.15, 0.2) is 11.7 Å². The van der Waals surface area contributed by atoms with Crippen molar-refractivity contribution in [1.29, 1.82) is 0 Å². The number of aromatic nitrogens is 2. The van der Waals surface area contributed by atoms with Gasteiger partial charge >= 0.3 is 5.76 Å². The number of piperidine rings is 1. The smallest absolute Gasteiger partial charge is 0.417 e. The maximum absolute atomic E-state index is 14.6. The molecule has 1 atom stereocenters. The van der Waals surface area contributed by atoms with E-state index >= 15 is 0 Å². The zero-order valence-electron chi connectivity index (χ0n) is 16.2. The van der Waals surface area contributed by atoms with Crippen molar-refractivity contribution in [1.82, 2.24) is 14.9 Å². The number of carbonyl (C=O) groups is 1. The molecule has 0 unspecified atom stereocenters. The lowest BCUT2D eigenvalue weighted by molar-refractivity contribution is -0.131. The Hall–Kier alpha value is -3.75. The molecule has 1 amide bonds. The molecule has 0 radical (unpaired) electrons. The molecular weight excluding hydrogens is 408 g/mol. The molecule has 1 aliphatic heterocycles. The van der Waals surface area contributed by atoms with Crippen molar-refractivity contribution in [3.05, 3.63) is 70.7 Å². The molecular formula is C22H17F2N3O4. The van der Waals surface area contributed by atoms with Gasteiger partial charge in [0.05, 0.1) is 17.6 Å². The Morgan fingerprint density at radius 1 is 1.19 bits per heavy atom. The van der Waals surface area contributed by atoms with Gasteiger partial charge in [-0.25, -0.2) is 18.6 Å². The van der Waals surface area contributed by atoms with Gasteiger partial charge in [0.1, 0.15) is 0 Å². The summed E-state index contributed by atoms with van der Waals surface area (Å²) in [4.78, 5) is 32.3. The number of hydrogen-bond acceptors (Lipinski definition) is 5. The first-order valence-corrected chi connectivity index (χ1v) is 9.71. The van der Waals surface area contributed by atoms with Crippen LogP contribution in [0.1, 0.15) is 16.8 Å². The van der Waals surface area contributed by atoms with Crippen molar-refractivity contribution in [2.24, 2.45) is 0 Å². The third kappa shape index (κ3) is 3.63. The number of nitrogens with zero attached hydrogens (tertiary/aromatic N) is 2. The molecule has 2 aromatic carbocycles. The van der Waals surface area contributed by atoms with Gasteiger partial charge in [-0.1, -0.05) is 18.2 Å². The van der Waals surface area contributed by atoms with Gasteiger partial charge < -0.3 is 14.1 Å². The van der Waals surface area contributed by atoms with Gasteiger partial charge in [-0.2, -0.15) is 0 Å². The second kappa shape index (κ2) is 7.19. The molecule has 1 saturated heterocycles. The number of H-pyrrole nitrogens is 1. The summed E-state index contributed by atoms with van der Waals surface area (Å²) in [5, 5.41) is 0.869. The number of alkyl halides is 2. The number of para-hydroxylation sites is 1. The second-order valence-corrected chi connectivity index (χ2v) is 7.44. The normalized spacial score (nSPS) is 18.4. The summed E-state index contributed by atoms with van der Waals surface area (Å²) in [6.45, 7) is -0.415. The number of aromatic amines is 1. The van der Waals surface area contributed by atoms with Crippen LogP contribution >= 0.6 is 0 Å². The number of oxazole rings is 1. The average molecular weight is 425 g/mol. The van der Waals surface area contributed by atoms with Crippen LogP contribution in [0.2, 0.25) is 0 Å². The number of likely N-dealkylation sites (tertiary alicyclic amines) is 1. The molecule has 158 valence electrons. The molecule has 5 rings (SSSR count). The predicted octanol–water partition coefficient (Wildman–Crippen LogP) is 3.60. The number of fused-ring (bicyclic) bond motifs is 2. The first kappa shape index (κ1) is 19.2. The number of rotatable bonds is 3. The molecule has 1 N–H and O–H groups in total. The van der Waals surface area contributed by atoms with Gasteiger partial charge in [0.25, 0.3) is 11.8 Å². The maximum atomic E-state index is 14.6. The van der Waals surface area contributed by atoms with E-state index in [0.29, 0.717) is 11.0 Å². The Morgan fingerprint density at radius 2 is 2.03 bits per heavy atom. The van der Waals surface area contributed by atoms with Crippen LogP contribution in [0.25, 0.3) is 22.0 Å². The lowest BCUT2D eigenvalue weighted by Gasteiger charge is -2.38. The third-order valence-corrected chi connectivity index (χ3v) is 5.36. The molecule has 0 saturated carbocycles. The Morgan fingerprint density at radius 3 is 2.90 bits per heavy atom. The van der Waals surface area contributed by atoms with E-state index in [-0.39, 0.29) is 30.1 Å². The number of pyridine rings is 1. The highest BCUT2D eigenvalue weighted by atomic mass is 19.3. The standard InChI is InChI=1S/C22H17F2N3O4/c23-22(24)9-10-27(20(28)14-5-7-16-17(11-14)30-21(29)26-16)12-18(22)31-19-8-6-13-3-1-2-4-15(13)25-19/h1-8,11,18H,9-10,12H2,(H,26,29)/t18-/m0/s1. The highest BCUT2D eigenvalue weighted by Crippen LogP contribution is 2.32. The summed E-state index contributed by atoms with van der Waals surface area (Å²) >= 11 is 0.